The smallest absolute Gasteiger partial charge is 0.240 e. The summed E-state index contributed by atoms with van der Waals surface area (Å²) in [5.74, 6) is 0. The highest BCUT2D eigenvalue weighted by Gasteiger charge is 2.31. The summed E-state index contributed by atoms with van der Waals surface area (Å²) in [6, 6.07) is 33.3. The van der Waals surface area contributed by atoms with Gasteiger partial charge in [0.25, 0.3) is 0 Å². The molecule has 2 atom stereocenters. The number of aryl methyl sites for hydroxylation is 2. The lowest BCUT2D eigenvalue weighted by atomic mass is 10.0. The van der Waals surface area contributed by atoms with Gasteiger partial charge in [-0.1, -0.05) is 96.1 Å². The number of sulfonamides is 2. The second-order valence-electron chi connectivity index (χ2n) is 11.3. The molecule has 232 valence electrons. The van der Waals surface area contributed by atoms with Crippen LogP contribution in [0.3, 0.4) is 0 Å². The molecule has 44 heavy (non-hydrogen) atoms. The van der Waals surface area contributed by atoms with E-state index in [1.807, 2.05) is 74.5 Å². The van der Waals surface area contributed by atoms with E-state index in [9.17, 15) is 16.8 Å². The zero-order valence-electron chi connectivity index (χ0n) is 25.1. The van der Waals surface area contributed by atoms with Crippen molar-refractivity contribution < 1.29 is 16.8 Å². The van der Waals surface area contributed by atoms with Crippen molar-refractivity contribution >= 4 is 20.0 Å². The molecule has 0 spiro atoms. The topological polar surface area (TPSA) is 98.8 Å². The Morgan fingerprint density at radius 1 is 0.523 bits per heavy atom. The number of nitrogens with zero attached hydrogens (tertiary/aromatic N) is 2. The van der Waals surface area contributed by atoms with E-state index in [4.69, 9.17) is 0 Å². The van der Waals surface area contributed by atoms with Gasteiger partial charge in [-0.15, -0.1) is 0 Å². The highest BCUT2D eigenvalue weighted by atomic mass is 32.2. The average molecular weight is 633 g/mol. The van der Waals surface area contributed by atoms with Crippen LogP contribution in [0.5, 0.6) is 0 Å². The van der Waals surface area contributed by atoms with Crippen LogP contribution in [0.1, 0.15) is 34.3 Å². The normalized spacial score (nSPS) is 16.4. The zero-order chi connectivity index (χ0) is 31.2. The molecule has 1 heterocycles. The summed E-state index contributed by atoms with van der Waals surface area (Å²) in [5.41, 5.74) is 4.08. The van der Waals surface area contributed by atoms with Crippen LogP contribution in [0, 0.1) is 13.8 Å². The Labute approximate surface area is 261 Å². The van der Waals surface area contributed by atoms with Crippen molar-refractivity contribution in [3.05, 3.63) is 131 Å². The van der Waals surface area contributed by atoms with E-state index < -0.39 is 20.0 Å². The van der Waals surface area contributed by atoms with Gasteiger partial charge in [0.05, 0.1) is 9.79 Å². The van der Waals surface area contributed by atoms with E-state index in [1.165, 1.54) is 0 Å². The van der Waals surface area contributed by atoms with Gasteiger partial charge in [0, 0.05) is 51.4 Å². The van der Waals surface area contributed by atoms with Crippen LogP contribution in [0.25, 0.3) is 0 Å². The van der Waals surface area contributed by atoms with Crippen LogP contribution in [0.15, 0.2) is 119 Å². The van der Waals surface area contributed by atoms with Crippen molar-refractivity contribution in [2.75, 3.05) is 39.3 Å². The molecular weight excluding hydrogens is 593 g/mol. The third-order valence-electron chi connectivity index (χ3n) is 8.20. The Hall–Kier alpha value is -3.38. The Bertz CT molecular complexity index is 1580. The van der Waals surface area contributed by atoms with E-state index in [0.717, 1.165) is 22.3 Å². The minimum atomic E-state index is -3.68. The van der Waals surface area contributed by atoms with Gasteiger partial charge in [-0.3, -0.25) is 9.80 Å². The van der Waals surface area contributed by atoms with Gasteiger partial charge in [-0.25, -0.2) is 26.3 Å². The number of hydrogen-bond acceptors (Lipinski definition) is 6. The minimum Gasteiger partial charge on any atom is -0.292 e. The Morgan fingerprint density at radius 2 is 0.841 bits per heavy atom. The third-order valence-corrected chi connectivity index (χ3v) is 11.1. The van der Waals surface area contributed by atoms with Crippen molar-refractivity contribution in [3.63, 3.8) is 0 Å². The lowest BCUT2D eigenvalue weighted by molar-refractivity contribution is 0.0703. The number of hydrogen-bond donors (Lipinski definition) is 2. The summed E-state index contributed by atoms with van der Waals surface area (Å²) < 4.78 is 58.2. The van der Waals surface area contributed by atoms with Gasteiger partial charge < -0.3 is 0 Å². The zero-order valence-corrected chi connectivity index (χ0v) is 26.8. The molecule has 1 aliphatic rings. The monoisotopic (exact) mass is 632 g/mol. The van der Waals surface area contributed by atoms with Crippen molar-refractivity contribution in [3.8, 4) is 0 Å². The predicted octanol–water partition coefficient (Wildman–Crippen LogP) is 4.66. The van der Waals surface area contributed by atoms with Crippen molar-refractivity contribution in [2.24, 2.45) is 0 Å². The second-order valence-corrected chi connectivity index (χ2v) is 14.8. The quantitative estimate of drug-likeness (QED) is 0.236. The van der Waals surface area contributed by atoms with E-state index in [-0.39, 0.29) is 35.0 Å². The van der Waals surface area contributed by atoms with Crippen molar-refractivity contribution in [2.45, 2.75) is 35.7 Å². The summed E-state index contributed by atoms with van der Waals surface area (Å²) in [6.07, 6.45) is 0. The van der Waals surface area contributed by atoms with Crippen LogP contribution in [-0.2, 0) is 20.0 Å². The maximum absolute atomic E-state index is 13.1. The molecule has 4 aromatic rings. The van der Waals surface area contributed by atoms with Gasteiger partial charge >= 0.3 is 0 Å². The predicted molar refractivity (Wildman–Crippen MR) is 174 cm³/mol. The Morgan fingerprint density at radius 3 is 1.16 bits per heavy atom. The first-order valence-corrected chi connectivity index (χ1v) is 17.8. The van der Waals surface area contributed by atoms with Crippen LogP contribution >= 0.6 is 0 Å². The summed E-state index contributed by atoms with van der Waals surface area (Å²) in [7, 11) is -7.36. The molecule has 2 N–H and O–H groups in total. The Balaban J connectivity index is 1.30. The van der Waals surface area contributed by atoms with Crippen molar-refractivity contribution in [1.29, 1.82) is 0 Å². The molecule has 10 heteroatoms. The summed E-state index contributed by atoms with van der Waals surface area (Å²) in [5, 5.41) is 0. The van der Waals surface area contributed by atoms with Gasteiger partial charge in [0.1, 0.15) is 0 Å². The molecule has 0 saturated carbocycles. The highest BCUT2D eigenvalue weighted by Crippen LogP contribution is 2.27. The first-order valence-electron chi connectivity index (χ1n) is 14.8. The molecule has 8 nitrogen and oxygen atoms in total. The number of piperazine rings is 1. The first kappa shape index (κ1) is 32.0. The first-order chi connectivity index (χ1) is 21.1. The molecule has 1 saturated heterocycles. The molecule has 4 aromatic carbocycles. The van der Waals surface area contributed by atoms with E-state index in [2.05, 4.69) is 19.2 Å². The van der Waals surface area contributed by atoms with Gasteiger partial charge in [0.2, 0.25) is 20.0 Å². The average Bonchev–Trinajstić information content (AvgIpc) is 3.03. The van der Waals surface area contributed by atoms with Crippen molar-refractivity contribution in [1.82, 2.24) is 19.2 Å². The maximum atomic E-state index is 13.1. The molecule has 0 aliphatic carbocycles. The number of nitrogens with one attached hydrogen (secondary N) is 2. The summed E-state index contributed by atoms with van der Waals surface area (Å²) in [6.45, 7) is 7.10. The number of benzene rings is 4. The molecule has 0 radical (unpaired) electrons. The maximum Gasteiger partial charge on any atom is 0.240 e. The summed E-state index contributed by atoms with van der Waals surface area (Å²) in [4.78, 5) is 5.11. The fourth-order valence-corrected chi connectivity index (χ4v) is 7.68. The fraction of sp³-hybridized carbons (Fsp3) is 0.294. The van der Waals surface area contributed by atoms with Crippen LogP contribution < -0.4 is 9.44 Å². The van der Waals surface area contributed by atoms with E-state index in [1.54, 1.807) is 48.5 Å². The molecule has 2 unspecified atom stereocenters. The van der Waals surface area contributed by atoms with Gasteiger partial charge in [-0.05, 0) is 49.2 Å². The van der Waals surface area contributed by atoms with E-state index in [0.29, 0.717) is 26.2 Å². The molecular formula is C34H40N4O4S2. The molecule has 5 rings (SSSR count). The van der Waals surface area contributed by atoms with E-state index >= 15 is 0 Å². The summed E-state index contributed by atoms with van der Waals surface area (Å²) >= 11 is 0. The second kappa shape index (κ2) is 14.2. The largest absolute Gasteiger partial charge is 0.292 e. The fourth-order valence-electron chi connectivity index (χ4n) is 5.61. The van der Waals surface area contributed by atoms with Crippen LogP contribution in [-0.4, -0.2) is 65.9 Å². The lowest BCUT2D eigenvalue weighted by Gasteiger charge is -2.42. The minimum absolute atomic E-state index is 0.159. The highest BCUT2D eigenvalue weighted by molar-refractivity contribution is 7.89. The lowest BCUT2D eigenvalue weighted by Crippen LogP contribution is -2.52. The van der Waals surface area contributed by atoms with Gasteiger partial charge in [-0.2, -0.15) is 0 Å². The molecule has 1 aliphatic heterocycles. The standard InChI is InChI=1S/C34H40N4O4S2/c1-27-13-17-31(18-14-27)43(39,40)35-25-33(29-9-5-3-6-10-29)37-21-23-38(24-22-37)34(30-11-7-4-8-12-30)26-36-44(41,42)32-19-15-28(2)16-20-32/h3-20,33-36H,21-26H2,1-2H3. The SMILES string of the molecule is Cc1ccc(S(=O)(=O)NCC(c2ccccc2)N2CCN(C(CNS(=O)(=O)c3ccc(C)cc3)c3ccccc3)CC2)cc1. The molecule has 0 amide bonds. The molecule has 0 bridgehead atoms. The molecule has 1 fully saturated rings. The third kappa shape index (κ3) is 8.01. The number of rotatable bonds is 12. The van der Waals surface area contributed by atoms with Crippen LogP contribution in [0.4, 0.5) is 0 Å². The molecule has 0 aromatic heterocycles. The van der Waals surface area contributed by atoms with Crippen LogP contribution in [0.2, 0.25) is 0 Å². The van der Waals surface area contributed by atoms with Gasteiger partial charge in [0.15, 0.2) is 0 Å². The Kier molecular flexibility index (Phi) is 10.3.